The van der Waals surface area contributed by atoms with E-state index >= 15 is 0 Å². The molecule has 0 saturated heterocycles. The third-order valence-corrected chi connectivity index (χ3v) is 7.26. The topological polar surface area (TPSA) is 88.3 Å². The molecule has 0 saturated carbocycles. The number of carbonyl (C=O) groups is 1. The van der Waals surface area contributed by atoms with Crippen molar-refractivity contribution in [3.05, 3.63) is 83.6 Å². The van der Waals surface area contributed by atoms with Crippen LogP contribution in [-0.4, -0.2) is 26.0 Å². The van der Waals surface area contributed by atoms with E-state index in [1.807, 2.05) is 43.3 Å². The van der Waals surface area contributed by atoms with Gasteiger partial charge in [0.25, 0.3) is 10.0 Å². The standard InChI is InChI=1S/C28H30N2O4S/c1-6-34-27(31)26-25(19-9-7-8-18(2)16-19)23-17-21(12-15-24(23)29-26)30-35(32,33)22-13-10-20(11-14-22)28(3,4)5/h7-17,29-30H,6H2,1-5H3. The molecule has 35 heavy (non-hydrogen) atoms. The SMILES string of the molecule is CCOC(=O)c1[nH]c2ccc(NS(=O)(=O)c3ccc(C(C)(C)C)cc3)cc2c1-c1cccc(C)c1. The summed E-state index contributed by atoms with van der Waals surface area (Å²) in [5.41, 5.74) is 5.00. The number of fused-ring (bicyclic) bond motifs is 1. The van der Waals surface area contributed by atoms with Gasteiger partial charge in [-0.2, -0.15) is 0 Å². The molecule has 2 N–H and O–H groups in total. The summed E-state index contributed by atoms with van der Waals surface area (Å²) in [7, 11) is -3.80. The summed E-state index contributed by atoms with van der Waals surface area (Å²) in [4.78, 5) is 16.1. The van der Waals surface area contributed by atoms with Crippen LogP contribution in [0.4, 0.5) is 5.69 Å². The Balaban J connectivity index is 1.77. The van der Waals surface area contributed by atoms with E-state index in [-0.39, 0.29) is 16.9 Å². The Labute approximate surface area is 206 Å². The number of carbonyl (C=O) groups excluding carboxylic acids is 1. The van der Waals surface area contributed by atoms with E-state index in [4.69, 9.17) is 4.74 Å². The first-order chi connectivity index (χ1) is 16.5. The summed E-state index contributed by atoms with van der Waals surface area (Å²) in [6.45, 7) is 10.2. The lowest BCUT2D eigenvalue weighted by Crippen LogP contribution is -2.14. The second-order valence-electron chi connectivity index (χ2n) is 9.61. The number of benzene rings is 3. The number of ether oxygens (including phenoxy) is 1. The minimum absolute atomic E-state index is 0.0716. The summed E-state index contributed by atoms with van der Waals surface area (Å²) < 4.78 is 34.2. The number of nitrogens with one attached hydrogen (secondary N) is 2. The van der Waals surface area contributed by atoms with Crippen LogP contribution in [0.15, 0.2) is 71.6 Å². The Bertz CT molecular complexity index is 1490. The fourth-order valence-corrected chi connectivity index (χ4v) is 5.11. The zero-order valence-corrected chi connectivity index (χ0v) is 21.4. The highest BCUT2D eigenvalue weighted by molar-refractivity contribution is 7.92. The molecule has 1 aromatic heterocycles. The van der Waals surface area contributed by atoms with Gasteiger partial charge in [-0.3, -0.25) is 4.72 Å². The van der Waals surface area contributed by atoms with Crippen molar-refractivity contribution in [3.63, 3.8) is 0 Å². The molecule has 4 rings (SSSR count). The lowest BCUT2D eigenvalue weighted by molar-refractivity contribution is 0.0521. The van der Waals surface area contributed by atoms with E-state index in [0.717, 1.165) is 22.1 Å². The van der Waals surface area contributed by atoms with Crippen LogP contribution < -0.4 is 4.72 Å². The fourth-order valence-electron chi connectivity index (χ4n) is 4.06. The average Bonchev–Trinajstić information content (AvgIpc) is 3.17. The van der Waals surface area contributed by atoms with Crippen LogP contribution in [0.3, 0.4) is 0 Å². The number of hydrogen-bond acceptors (Lipinski definition) is 4. The van der Waals surface area contributed by atoms with Crippen molar-refractivity contribution in [1.29, 1.82) is 0 Å². The molecule has 0 fully saturated rings. The zero-order valence-electron chi connectivity index (χ0n) is 20.6. The number of hydrogen-bond donors (Lipinski definition) is 2. The van der Waals surface area contributed by atoms with Gasteiger partial charge >= 0.3 is 5.97 Å². The van der Waals surface area contributed by atoms with Crippen molar-refractivity contribution in [3.8, 4) is 11.1 Å². The van der Waals surface area contributed by atoms with Crippen LogP contribution in [0.1, 0.15) is 49.3 Å². The molecule has 0 atom stereocenters. The highest BCUT2D eigenvalue weighted by Gasteiger charge is 2.22. The number of aryl methyl sites for hydroxylation is 1. The van der Waals surface area contributed by atoms with Crippen LogP contribution >= 0.6 is 0 Å². The van der Waals surface area contributed by atoms with Crippen LogP contribution in [0.2, 0.25) is 0 Å². The maximum absolute atomic E-state index is 13.1. The molecule has 0 amide bonds. The number of esters is 1. The van der Waals surface area contributed by atoms with Crippen LogP contribution in [-0.2, 0) is 20.2 Å². The largest absolute Gasteiger partial charge is 0.461 e. The number of sulfonamides is 1. The molecule has 182 valence electrons. The quantitative estimate of drug-likeness (QED) is 0.305. The molecule has 1 heterocycles. The Hall–Kier alpha value is -3.58. The molecule has 0 aliphatic heterocycles. The number of anilines is 1. The predicted molar refractivity (Wildman–Crippen MR) is 140 cm³/mol. The maximum Gasteiger partial charge on any atom is 0.355 e. The Morgan fingerprint density at radius 2 is 1.71 bits per heavy atom. The third kappa shape index (κ3) is 5.10. The first kappa shape index (κ1) is 24.5. The minimum Gasteiger partial charge on any atom is -0.461 e. The smallest absolute Gasteiger partial charge is 0.355 e. The van der Waals surface area contributed by atoms with Crippen LogP contribution in [0, 0.1) is 6.92 Å². The van der Waals surface area contributed by atoms with Crippen LogP contribution in [0.25, 0.3) is 22.0 Å². The number of aromatic nitrogens is 1. The Kier molecular flexibility index (Phi) is 6.47. The van der Waals surface area contributed by atoms with Gasteiger partial charge in [0.15, 0.2) is 0 Å². The fraction of sp³-hybridized carbons (Fsp3) is 0.250. The Morgan fingerprint density at radius 1 is 1.00 bits per heavy atom. The van der Waals surface area contributed by atoms with E-state index in [1.165, 1.54) is 0 Å². The summed E-state index contributed by atoms with van der Waals surface area (Å²) in [6.07, 6.45) is 0. The van der Waals surface area contributed by atoms with Crippen molar-refractivity contribution in [2.24, 2.45) is 0 Å². The summed E-state index contributed by atoms with van der Waals surface area (Å²) in [6, 6.07) is 19.9. The van der Waals surface area contributed by atoms with Gasteiger partial charge in [-0.25, -0.2) is 13.2 Å². The molecular formula is C28H30N2O4S. The lowest BCUT2D eigenvalue weighted by Gasteiger charge is -2.19. The van der Waals surface area contributed by atoms with Crippen molar-refractivity contribution in [1.82, 2.24) is 4.98 Å². The lowest BCUT2D eigenvalue weighted by atomic mass is 9.87. The van der Waals surface area contributed by atoms with Gasteiger partial charge in [-0.1, -0.05) is 62.7 Å². The maximum atomic E-state index is 13.1. The second kappa shape index (κ2) is 9.23. The number of aromatic amines is 1. The van der Waals surface area contributed by atoms with Crippen molar-refractivity contribution < 1.29 is 17.9 Å². The van der Waals surface area contributed by atoms with E-state index in [1.54, 1.807) is 37.3 Å². The monoisotopic (exact) mass is 490 g/mol. The summed E-state index contributed by atoms with van der Waals surface area (Å²) in [5, 5.41) is 0.724. The van der Waals surface area contributed by atoms with Gasteiger partial charge in [-0.05, 0) is 60.7 Å². The highest BCUT2D eigenvalue weighted by Crippen LogP contribution is 2.35. The molecule has 0 aliphatic carbocycles. The number of rotatable bonds is 6. The van der Waals surface area contributed by atoms with E-state index in [2.05, 4.69) is 30.5 Å². The summed E-state index contributed by atoms with van der Waals surface area (Å²) >= 11 is 0. The predicted octanol–water partition coefficient (Wildman–Crippen LogP) is 6.42. The number of H-pyrrole nitrogens is 1. The van der Waals surface area contributed by atoms with Crippen LogP contribution in [0.5, 0.6) is 0 Å². The molecule has 0 spiro atoms. The molecule has 0 unspecified atom stereocenters. The third-order valence-electron chi connectivity index (χ3n) is 5.87. The zero-order chi connectivity index (χ0) is 25.4. The molecular weight excluding hydrogens is 460 g/mol. The first-order valence-electron chi connectivity index (χ1n) is 11.5. The van der Waals surface area contributed by atoms with Gasteiger partial charge in [0.2, 0.25) is 0 Å². The van der Waals surface area contributed by atoms with Gasteiger partial charge in [0.05, 0.1) is 11.5 Å². The van der Waals surface area contributed by atoms with E-state index < -0.39 is 16.0 Å². The van der Waals surface area contributed by atoms with Gasteiger partial charge < -0.3 is 9.72 Å². The van der Waals surface area contributed by atoms with E-state index in [0.29, 0.717) is 22.5 Å². The first-order valence-corrected chi connectivity index (χ1v) is 13.0. The van der Waals surface area contributed by atoms with E-state index in [9.17, 15) is 13.2 Å². The molecule has 7 heteroatoms. The average molecular weight is 491 g/mol. The van der Waals surface area contributed by atoms with Gasteiger partial charge in [0.1, 0.15) is 5.69 Å². The normalized spacial score (nSPS) is 12.0. The van der Waals surface area contributed by atoms with Crippen molar-refractivity contribution >= 4 is 32.6 Å². The Morgan fingerprint density at radius 3 is 2.34 bits per heavy atom. The van der Waals surface area contributed by atoms with Crippen molar-refractivity contribution in [2.45, 2.75) is 44.9 Å². The van der Waals surface area contributed by atoms with Gasteiger partial charge in [0, 0.05) is 22.2 Å². The van der Waals surface area contributed by atoms with Crippen molar-refractivity contribution in [2.75, 3.05) is 11.3 Å². The highest BCUT2D eigenvalue weighted by atomic mass is 32.2. The second-order valence-corrected chi connectivity index (χ2v) is 11.3. The molecule has 3 aromatic carbocycles. The summed E-state index contributed by atoms with van der Waals surface area (Å²) in [5.74, 6) is -0.457. The molecule has 0 bridgehead atoms. The molecule has 6 nitrogen and oxygen atoms in total. The molecule has 0 radical (unpaired) electrons. The van der Waals surface area contributed by atoms with Gasteiger partial charge in [-0.15, -0.1) is 0 Å². The molecule has 4 aromatic rings. The minimum atomic E-state index is -3.80. The molecule has 0 aliphatic rings.